The number of hydrogen-bond acceptors (Lipinski definition) is 6. The van der Waals surface area contributed by atoms with Gasteiger partial charge >= 0.3 is 5.97 Å². The SMILES string of the molecule is CCCCCCCC(=O)c1ccc(Sc2ccc3c(c2)C/C(=N/OC(C)=O)C3=O)cc1. The number of nitrogens with zero attached hydrogens (tertiary/aromatic N) is 1. The van der Waals surface area contributed by atoms with Gasteiger partial charge in [-0.3, -0.25) is 9.59 Å². The van der Waals surface area contributed by atoms with Crippen LogP contribution in [0.25, 0.3) is 0 Å². The lowest BCUT2D eigenvalue weighted by molar-refractivity contribution is -0.140. The van der Waals surface area contributed by atoms with E-state index in [0.717, 1.165) is 33.8 Å². The lowest BCUT2D eigenvalue weighted by atomic mass is 10.0. The van der Waals surface area contributed by atoms with Crippen LogP contribution in [0.2, 0.25) is 0 Å². The van der Waals surface area contributed by atoms with Crippen LogP contribution in [-0.4, -0.2) is 23.2 Å². The van der Waals surface area contributed by atoms with Crippen molar-refractivity contribution in [2.45, 2.75) is 68.6 Å². The van der Waals surface area contributed by atoms with E-state index >= 15 is 0 Å². The fourth-order valence-corrected chi connectivity index (χ4v) is 4.37. The molecular weight excluding hydrogens is 410 g/mol. The monoisotopic (exact) mass is 437 g/mol. The zero-order valence-corrected chi connectivity index (χ0v) is 18.8. The van der Waals surface area contributed by atoms with E-state index < -0.39 is 5.97 Å². The predicted molar refractivity (Wildman–Crippen MR) is 122 cm³/mol. The lowest BCUT2D eigenvalue weighted by Gasteiger charge is -2.06. The van der Waals surface area contributed by atoms with Gasteiger partial charge in [-0.05, 0) is 42.3 Å². The Balaban J connectivity index is 1.58. The minimum Gasteiger partial charge on any atom is -0.318 e. The van der Waals surface area contributed by atoms with E-state index in [1.165, 1.54) is 26.2 Å². The van der Waals surface area contributed by atoms with Crippen LogP contribution < -0.4 is 0 Å². The van der Waals surface area contributed by atoms with Gasteiger partial charge in [-0.1, -0.05) is 61.7 Å². The Labute approximate surface area is 187 Å². The number of hydrogen-bond donors (Lipinski definition) is 0. The molecule has 0 spiro atoms. The van der Waals surface area contributed by atoms with Gasteiger partial charge in [0.05, 0.1) is 0 Å². The first kappa shape index (κ1) is 22.9. The molecule has 1 aliphatic carbocycles. The molecule has 6 heteroatoms. The number of unbranched alkanes of at least 4 members (excludes halogenated alkanes) is 4. The zero-order valence-electron chi connectivity index (χ0n) is 18.0. The number of fused-ring (bicyclic) bond motifs is 1. The Hall–Kier alpha value is -2.73. The van der Waals surface area contributed by atoms with E-state index in [1.54, 1.807) is 17.8 Å². The quantitative estimate of drug-likeness (QED) is 0.196. The van der Waals surface area contributed by atoms with E-state index in [2.05, 4.69) is 16.9 Å². The highest BCUT2D eigenvalue weighted by Crippen LogP contribution is 2.32. The molecule has 0 fully saturated rings. The molecule has 31 heavy (non-hydrogen) atoms. The van der Waals surface area contributed by atoms with Crippen molar-refractivity contribution in [2.75, 3.05) is 0 Å². The van der Waals surface area contributed by atoms with Crippen molar-refractivity contribution in [1.82, 2.24) is 0 Å². The van der Waals surface area contributed by atoms with Gasteiger partial charge < -0.3 is 4.84 Å². The number of ketones is 2. The summed E-state index contributed by atoms with van der Waals surface area (Å²) in [6.45, 7) is 3.43. The summed E-state index contributed by atoms with van der Waals surface area (Å²) in [6, 6.07) is 13.3. The molecule has 162 valence electrons. The molecule has 0 amide bonds. The summed E-state index contributed by atoms with van der Waals surface area (Å²) in [7, 11) is 0. The molecule has 0 atom stereocenters. The van der Waals surface area contributed by atoms with Crippen molar-refractivity contribution in [3.8, 4) is 0 Å². The smallest absolute Gasteiger partial charge is 0.318 e. The third kappa shape index (κ3) is 6.37. The van der Waals surface area contributed by atoms with Crippen molar-refractivity contribution in [3.05, 3.63) is 59.2 Å². The summed E-state index contributed by atoms with van der Waals surface area (Å²) in [5, 5.41) is 3.67. The first-order valence-electron chi connectivity index (χ1n) is 10.7. The second-order valence-electron chi connectivity index (χ2n) is 7.66. The molecule has 0 bridgehead atoms. The van der Waals surface area contributed by atoms with Crippen LogP contribution in [0.4, 0.5) is 0 Å². The molecule has 0 saturated heterocycles. The summed E-state index contributed by atoms with van der Waals surface area (Å²) in [5.74, 6) is -0.556. The van der Waals surface area contributed by atoms with Crippen LogP contribution in [0, 0.1) is 0 Å². The van der Waals surface area contributed by atoms with E-state index in [-0.39, 0.29) is 17.3 Å². The first-order chi connectivity index (χ1) is 15.0. The third-order valence-electron chi connectivity index (χ3n) is 5.15. The molecule has 5 nitrogen and oxygen atoms in total. The summed E-state index contributed by atoms with van der Waals surface area (Å²) in [4.78, 5) is 42.3. The Morgan fingerprint density at radius 3 is 2.42 bits per heavy atom. The number of Topliss-reactive ketones (excluding diaryl/α,β-unsaturated/α-hetero) is 2. The maximum Gasteiger partial charge on any atom is 0.331 e. The van der Waals surface area contributed by atoms with Crippen LogP contribution >= 0.6 is 11.8 Å². The number of carbonyl (C=O) groups is 3. The lowest BCUT2D eigenvalue weighted by Crippen LogP contribution is -2.09. The molecule has 1 aliphatic rings. The molecule has 0 aromatic heterocycles. The van der Waals surface area contributed by atoms with Crippen molar-refractivity contribution in [3.63, 3.8) is 0 Å². The van der Waals surface area contributed by atoms with Gasteiger partial charge in [0.25, 0.3) is 0 Å². The van der Waals surface area contributed by atoms with Crippen LogP contribution in [0.3, 0.4) is 0 Å². The highest BCUT2D eigenvalue weighted by Gasteiger charge is 2.27. The topological polar surface area (TPSA) is 72.8 Å². The molecule has 2 aromatic carbocycles. The Bertz CT molecular complexity index is 995. The summed E-state index contributed by atoms with van der Waals surface area (Å²) in [5.41, 5.74) is 2.46. The summed E-state index contributed by atoms with van der Waals surface area (Å²) < 4.78 is 0. The average Bonchev–Trinajstić information content (AvgIpc) is 3.07. The normalized spacial score (nSPS) is 14.0. The van der Waals surface area contributed by atoms with Crippen LogP contribution in [0.5, 0.6) is 0 Å². The van der Waals surface area contributed by atoms with Gasteiger partial charge in [0.1, 0.15) is 5.71 Å². The maximum atomic E-state index is 12.4. The Morgan fingerprint density at radius 2 is 1.71 bits per heavy atom. The molecule has 0 saturated carbocycles. The van der Waals surface area contributed by atoms with E-state index in [9.17, 15) is 14.4 Å². The van der Waals surface area contributed by atoms with Gasteiger partial charge in [-0.15, -0.1) is 0 Å². The van der Waals surface area contributed by atoms with Crippen molar-refractivity contribution in [2.24, 2.45) is 5.16 Å². The van der Waals surface area contributed by atoms with Crippen molar-refractivity contribution < 1.29 is 19.2 Å². The second-order valence-corrected chi connectivity index (χ2v) is 8.81. The van der Waals surface area contributed by atoms with Gasteiger partial charge in [-0.25, -0.2) is 4.79 Å². The van der Waals surface area contributed by atoms with Gasteiger partial charge in [0.2, 0.25) is 5.78 Å². The minimum absolute atomic E-state index is 0.198. The fraction of sp³-hybridized carbons (Fsp3) is 0.360. The molecule has 0 radical (unpaired) electrons. The molecule has 0 aliphatic heterocycles. The Morgan fingerprint density at radius 1 is 1.00 bits per heavy atom. The highest BCUT2D eigenvalue weighted by molar-refractivity contribution is 7.99. The fourth-order valence-electron chi connectivity index (χ4n) is 3.49. The summed E-state index contributed by atoms with van der Waals surface area (Å²) >= 11 is 1.57. The number of rotatable bonds is 10. The van der Waals surface area contributed by atoms with Crippen LogP contribution in [-0.2, 0) is 16.1 Å². The largest absolute Gasteiger partial charge is 0.331 e. The van der Waals surface area contributed by atoms with Crippen molar-refractivity contribution >= 4 is 35.0 Å². The number of benzene rings is 2. The van der Waals surface area contributed by atoms with Crippen molar-refractivity contribution in [1.29, 1.82) is 0 Å². The molecule has 0 unspecified atom stereocenters. The highest BCUT2D eigenvalue weighted by atomic mass is 32.2. The maximum absolute atomic E-state index is 12.4. The van der Waals surface area contributed by atoms with E-state index in [4.69, 9.17) is 0 Å². The van der Waals surface area contributed by atoms with E-state index in [0.29, 0.717) is 18.4 Å². The van der Waals surface area contributed by atoms with Gasteiger partial charge in [-0.2, -0.15) is 0 Å². The molecule has 3 rings (SSSR count). The summed E-state index contributed by atoms with van der Waals surface area (Å²) in [6.07, 6.45) is 6.65. The standard InChI is InChI=1S/C25H27NO4S/c1-3-4-5-6-7-8-24(28)18-9-11-20(12-10-18)31-21-13-14-22-19(15-21)16-23(25(22)29)26-30-17(2)27/h9-15H,3-8,16H2,1-2H3/b26-23-. The number of carbonyl (C=O) groups excluding carboxylic acids is 3. The van der Waals surface area contributed by atoms with Crippen LogP contribution in [0.1, 0.15) is 78.7 Å². The minimum atomic E-state index is -0.550. The van der Waals surface area contributed by atoms with Gasteiger partial charge in [0.15, 0.2) is 5.78 Å². The molecule has 0 N–H and O–H groups in total. The predicted octanol–water partition coefficient (Wildman–Crippen LogP) is 6.04. The Kier molecular flexibility index (Phi) is 8.18. The molecule has 2 aromatic rings. The van der Waals surface area contributed by atoms with Crippen LogP contribution in [0.15, 0.2) is 57.4 Å². The van der Waals surface area contributed by atoms with E-state index in [1.807, 2.05) is 36.4 Å². The first-order valence-corrected chi connectivity index (χ1v) is 11.5. The molecule has 0 heterocycles. The van der Waals surface area contributed by atoms with Gasteiger partial charge in [0, 0.05) is 40.7 Å². The zero-order chi connectivity index (χ0) is 22.2. The average molecular weight is 438 g/mol. The third-order valence-corrected chi connectivity index (χ3v) is 6.14. The second kappa shape index (κ2) is 11.0. The number of oxime groups is 1. The molecular formula is C25H27NO4S.